The molecule has 0 aliphatic heterocycles. The molecule has 1 amide bonds. The topological polar surface area (TPSA) is 58.1 Å². The van der Waals surface area contributed by atoms with Crippen molar-refractivity contribution in [1.29, 1.82) is 0 Å². The number of carbonyl (C=O) groups excluding carboxylic acids is 1. The van der Waals surface area contributed by atoms with Crippen molar-refractivity contribution in [2.75, 3.05) is 18.0 Å². The van der Waals surface area contributed by atoms with E-state index in [2.05, 4.69) is 34.0 Å². The number of amides is 1. The van der Waals surface area contributed by atoms with Gasteiger partial charge in [0.1, 0.15) is 5.82 Å². The van der Waals surface area contributed by atoms with E-state index in [1.165, 1.54) is 18.5 Å². The van der Waals surface area contributed by atoms with Gasteiger partial charge in [-0.3, -0.25) is 4.79 Å². The summed E-state index contributed by atoms with van der Waals surface area (Å²) >= 11 is 0. The first kappa shape index (κ1) is 17.8. The SMILES string of the molecule is CCCN(CCC)c1ncc(C(=O)NCc2ccccc2F)cn1. The van der Waals surface area contributed by atoms with Crippen molar-refractivity contribution in [3.05, 3.63) is 53.6 Å². The molecule has 1 aromatic carbocycles. The van der Waals surface area contributed by atoms with Gasteiger partial charge in [-0.15, -0.1) is 0 Å². The molecule has 1 aromatic heterocycles. The molecular formula is C18H23FN4O. The summed E-state index contributed by atoms with van der Waals surface area (Å²) in [5.41, 5.74) is 0.809. The van der Waals surface area contributed by atoms with Crippen LogP contribution in [-0.4, -0.2) is 29.0 Å². The van der Waals surface area contributed by atoms with Crippen LogP contribution in [0.5, 0.6) is 0 Å². The Morgan fingerprint density at radius 2 is 1.75 bits per heavy atom. The van der Waals surface area contributed by atoms with Crippen molar-refractivity contribution in [1.82, 2.24) is 15.3 Å². The third-order valence-corrected chi connectivity index (χ3v) is 3.57. The molecule has 0 saturated heterocycles. The van der Waals surface area contributed by atoms with Gasteiger partial charge in [0, 0.05) is 37.6 Å². The van der Waals surface area contributed by atoms with Crippen molar-refractivity contribution in [2.45, 2.75) is 33.2 Å². The quantitative estimate of drug-likeness (QED) is 0.808. The smallest absolute Gasteiger partial charge is 0.254 e. The van der Waals surface area contributed by atoms with Gasteiger partial charge in [-0.1, -0.05) is 32.0 Å². The Kier molecular flexibility index (Phi) is 6.66. The molecule has 2 aromatic rings. The molecule has 0 spiro atoms. The van der Waals surface area contributed by atoms with Gasteiger partial charge in [0.2, 0.25) is 5.95 Å². The van der Waals surface area contributed by atoms with Crippen LogP contribution in [0.2, 0.25) is 0 Å². The molecule has 0 fully saturated rings. The molecule has 5 nitrogen and oxygen atoms in total. The van der Waals surface area contributed by atoms with Crippen LogP contribution < -0.4 is 10.2 Å². The lowest BCUT2D eigenvalue weighted by molar-refractivity contribution is 0.0950. The Balaban J connectivity index is 1.99. The molecule has 6 heteroatoms. The van der Waals surface area contributed by atoms with E-state index in [1.807, 2.05) is 0 Å². The van der Waals surface area contributed by atoms with Crippen LogP contribution >= 0.6 is 0 Å². The van der Waals surface area contributed by atoms with Gasteiger partial charge in [-0.05, 0) is 18.9 Å². The maximum atomic E-state index is 13.5. The van der Waals surface area contributed by atoms with Gasteiger partial charge in [0.15, 0.2) is 0 Å². The summed E-state index contributed by atoms with van der Waals surface area (Å²) in [6.07, 6.45) is 5.04. The molecule has 0 radical (unpaired) electrons. The third kappa shape index (κ3) is 4.75. The first-order valence-corrected chi connectivity index (χ1v) is 8.24. The van der Waals surface area contributed by atoms with Crippen LogP contribution in [0, 0.1) is 5.82 Å². The summed E-state index contributed by atoms with van der Waals surface area (Å²) in [5, 5.41) is 2.68. The summed E-state index contributed by atoms with van der Waals surface area (Å²) in [6.45, 7) is 6.10. The monoisotopic (exact) mass is 330 g/mol. The Morgan fingerprint density at radius 1 is 1.12 bits per heavy atom. The lowest BCUT2D eigenvalue weighted by Crippen LogP contribution is -2.28. The first-order valence-electron chi connectivity index (χ1n) is 8.24. The zero-order chi connectivity index (χ0) is 17.4. The van der Waals surface area contributed by atoms with Gasteiger partial charge in [-0.2, -0.15) is 0 Å². The minimum absolute atomic E-state index is 0.130. The normalized spacial score (nSPS) is 10.5. The van der Waals surface area contributed by atoms with Crippen molar-refractivity contribution >= 4 is 11.9 Å². The maximum absolute atomic E-state index is 13.5. The predicted octanol–water partition coefficient (Wildman–Crippen LogP) is 3.17. The van der Waals surface area contributed by atoms with E-state index in [-0.39, 0.29) is 18.3 Å². The fraction of sp³-hybridized carbons (Fsp3) is 0.389. The van der Waals surface area contributed by atoms with Crippen LogP contribution in [0.1, 0.15) is 42.6 Å². The summed E-state index contributed by atoms with van der Waals surface area (Å²) in [7, 11) is 0. The summed E-state index contributed by atoms with van der Waals surface area (Å²) in [6, 6.07) is 6.36. The molecule has 2 rings (SSSR count). The molecule has 0 aliphatic carbocycles. The highest BCUT2D eigenvalue weighted by molar-refractivity contribution is 5.93. The first-order chi connectivity index (χ1) is 11.7. The van der Waals surface area contributed by atoms with Crippen molar-refractivity contribution in [3.8, 4) is 0 Å². The molecule has 128 valence electrons. The highest BCUT2D eigenvalue weighted by atomic mass is 19.1. The van der Waals surface area contributed by atoms with Crippen molar-refractivity contribution < 1.29 is 9.18 Å². The summed E-state index contributed by atoms with van der Waals surface area (Å²) < 4.78 is 13.5. The second-order valence-corrected chi connectivity index (χ2v) is 5.53. The van der Waals surface area contributed by atoms with E-state index in [9.17, 15) is 9.18 Å². The highest BCUT2D eigenvalue weighted by Gasteiger charge is 2.11. The van der Waals surface area contributed by atoms with E-state index in [0.29, 0.717) is 17.1 Å². The van der Waals surface area contributed by atoms with E-state index in [0.717, 1.165) is 25.9 Å². The van der Waals surface area contributed by atoms with Crippen LogP contribution in [0.4, 0.5) is 10.3 Å². The van der Waals surface area contributed by atoms with Crippen LogP contribution in [0.25, 0.3) is 0 Å². The largest absolute Gasteiger partial charge is 0.348 e. The third-order valence-electron chi connectivity index (χ3n) is 3.57. The molecular weight excluding hydrogens is 307 g/mol. The molecule has 1 N–H and O–H groups in total. The molecule has 0 unspecified atom stereocenters. The van der Waals surface area contributed by atoms with E-state index in [4.69, 9.17) is 0 Å². The average Bonchev–Trinajstić information content (AvgIpc) is 2.61. The van der Waals surface area contributed by atoms with E-state index >= 15 is 0 Å². The van der Waals surface area contributed by atoms with E-state index < -0.39 is 0 Å². The number of hydrogen-bond acceptors (Lipinski definition) is 4. The lowest BCUT2D eigenvalue weighted by atomic mass is 10.2. The summed E-state index contributed by atoms with van der Waals surface area (Å²) in [5.74, 6) is -0.0224. The minimum Gasteiger partial charge on any atom is -0.348 e. The number of anilines is 1. The van der Waals surface area contributed by atoms with Crippen LogP contribution in [0.15, 0.2) is 36.7 Å². The molecule has 1 heterocycles. The standard InChI is InChI=1S/C18H23FN4O/c1-3-9-23(10-4-2)18-21-12-15(13-22-18)17(24)20-11-14-7-5-6-8-16(14)19/h5-8,12-13H,3-4,9-11H2,1-2H3,(H,20,24). The van der Waals surface area contributed by atoms with Crippen molar-refractivity contribution in [3.63, 3.8) is 0 Å². The number of hydrogen-bond donors (Lipinski definition) is 1. The Bertz CT molecular complexity index is 654. The number of carbonyl (C=O) groups is 1. The number of aromatic nitrogens is 2. The fourth-order valence-electron chi connectivity index (χ4n) is 2.37. The Morgan fingerprint density at radius 3 is 2.33 bits per heavy atom. The fourth-order valence-corrected chi connectivity index (χ4v) is 2.37. The number of halogens is 1. The van der Waals surface area contributed by atoms with Crippen LogP contribution in [-0.2, 0) is 6.54 Å². The molecule has 0 bridgehead atoms. The number of benzene rings is 1. The number of nitrogens with zero attached hydrogens (tertiary/aromatic N) is 3. The van der Waals surface area contributed by atoms with Gasteiger partial charge in [-0.25, -0.2) is 14.4 Å². The Hall–Kier alpha value is -2.50. The molecule has 0 aliphatic rings. The van der Waals surface area contributed by atoms with Gasteiger partial charge >= 0.3 is 0 Å². The zero-order valence-electron chi connectivity index (χ0n) is 14.1. The molecule has 0 saturated carbocycles. The lowest BCUT2D eigenvalue weighted by Gasteiger charge is -2.21. The van der Waals surface area contributed by atoms with Crippen LogP contribution in [0.3, 0.4) is 0 Å². The zero-order valence-corrected chi connectivity index (χ0v) is 14.1. The minimum atomic E-state index is -0.334. The molecule has 24 heavy (non-hydrogen) atoms. The number of rotatable bonds is 8. The van der Waals surface area contributed by atoms with E-state index in [1.54, 1.807) is 18.2 Å². The van der Waals surface area contributed by atoms with Gasteiger partial charge in [0.05, 0.1) is 5.56 Å². The second kappa shape index (κ2) is 8.96. The van der Waals surface area contributed by atoms with Gasteiger partial charge < -0.3 is 10.2 Å². The van der Waals surface area contributed by atoms with Gasteiger partial charge in [0.25, 0.3) is 5.91 Å². The Labute approximate surface area is 141 Å². The number of nitrogens with one attached hydrogen (secondary N) is 1. The maximum Gasteiger partial charge on any atom is 0.254 e. The summed E-state index contributed by atoms with van der Waals surface area (Å²) in [4.78, 5) is 22.8. The molecule has 0 atom stereocenters. The second-order valence-electron chi connectivity index (χ2n) is 5.53. The van der Waals surface area contributed by atoms with Crippen molar-refractivity contribution in [2.24, 2.45) is 0 Å². The predicted molar refractivity (Wildman–Crippen MR) is 92.4 cm³/mol. The highest BCUT2D eigenvalue weighted by Crippen LogP contribution is 2.10. The average molecular weight is 330 g/mol.